The van der Waals surface area contributed by atoms with Crippen LogP contribution in [0.5, 0.6) is 0 Å². The Morgan fingerprint density at radius 3 is 2.35 bits per heavy atom. The predicted octanol–water partition coefficient (Wildman–Crippen LogP) is 2.86. The normalized spacial score (nSPS) is 24.2. The van der Waals surface area contributed by atoms with Crippen LogP contribution in [0.4, 0.5) is 4.39 Å². The lowest BCUT2D eigenvalue weighted by Crippen LogP contribution is -2.38. The molecule has 0 saturated heterocycles. The fraction of sp³-hybridized carbons (Fsp3) is 0.562. The molecule has 1 unspecified atom stereocenters. The molecule has 1 aliphatic carbocycles. The molecule has 0 aliphatic heterocycles. The van der Waals surface area contributed by atoms with E-state index in [9.17, 15) is 9.18 Å². The molecular formula is C16H23FN2O. The van der Waals surface area contributed by atoms with Crippen molar-refractivity contribution in [2.24, 2.45) is 11.7 Å². The summed E-state index contributed by atoms with van der Waals surface area (Å²) >= 11 is 0. The van der Waals surface area contributed by atoms with E-state index in [2.05, 4.69) is 0 Å². The van der Waals surface area contributed by atoms with Gasteiger partial charge in [0.1, 0.15) is 5.82 Å². The zero-order valence-corrected chi connectivity index (χ0v) is 12.2. The van der Waals surface area contributed by atoms with E-state index in [1.807, 2.05) is 14.0 Å². The van der Waals surface area contributed by atoms with Crippen LogP contribution in [-0.2, 0) is 4.79 Å². The molecule has 1 aromatic rings. The van der Waals surface area contributed by atoms with Gasteiger partial charge in [0.25, 0.3) is 0 Å². The van der Waals surface area contributed by atoms with Crippen LogP contribution in [0.25, 0.3) is 0 Å². The second-order valence-corrected chi connectivity index (χ2v) is 5.79. The topological polar surface area (TPSA) is 46.3 Å². The van der Waals surface area contributed by atoms with Gasteiger partial charge in [-0.3, -0.25) is 4.79 Å². The number of hydrogen-bond donors (Lipinski definition) is 1. The maximum Gasteiger partial charge on any atom is 0.225 e. The van der Waals surface area contributed by atoms with Crippen LogP contribution >= 0.6 is 0 Å². The molecule has 0 spiro atoms. The van der Waals surface area contributed by atoms with Crippen LogP contribution in [0.1, 0.15) is 44.2 Å². The van der Waals surface area contributed by atoms with Gasteiger partial charge in [0.2, 0.25) is 5.91 Å². The standard InChI is InChI=1S/C16H23FN2O/c1-11(12-3-7-14(17)8-4-12)19(2)16(20)13-5-9-15(18)10-6-13/h3-4,7-8,11,13,15H,5-6,9-10,18H2,1-2H3. The highest BCUT2D eigenvalue weighted by Crippen LogP contribution is 2.28. The average molecular weight is 278 g/mol. The smallest absolute Gasteiger partial charge is 0.225 e. The second-order valence-electron chi connectivity index (χ2n) is 5.79. The molecule has 1 aromatic carbocycles. The van der Waals surface area contributed by atoms with Gasteiger partial charge in [-0.25, -0.2) is 4.39 Å². The zero-order chi connectivity index (χ0) is 14.7. The van der Waals surface area contributed by atoms with Crippen LogP contribution in [0, 0.1) is 11.7 Å². The third kappa shape index (κ3) is 3.37. The molecule has 0 bridgehead atoms. The van der Waals surface area contributed by atoms with Gasteiger partial charge in [-0.1, -0.05) is 12.1 Å². The summed E-state index contributed by atoms with van der Waals surface area (Å²) in [6.07, 6.45) is 3.60. The van der Waals surface area contributed by atoms with E-state index < -0.39 is 0 Å². The van der Waals surface area contributed by atoms with Crippen molar-refractivity contribution < 1.29 is 9.18 Å². The highest BCUT2D eigenvalue weighted by Gasteiger charge is 2.29. The lowest BCUT2D eigenvalue weighted by atomic mass is 9.85. The molecule has 0 heterocycles. The summed E-state index contributed by atoms with van der Waals surface area (Å²) in [6, 6.07) is 6.55. The molecule has 1 fully saturated rings. The number of hydrogen-bond acceptors (Lipinski definition) is 2. The largest absolute Gasteiger partial charge is 0.339 e. The van der Waals surface area contributed by atoms with E-state index in [4.69, 9.17) is 5.73 Å². The molecule has 0 radical (unpaired) electrons. The minimum absolute atomic E-state index is 0.0429. The van der Waals surface area contributed by atoms with Crippen molar-refractivity contribution in [3.63, 3.8) is 0 Å². The van der Waals surface area contributed by atoms with Crippen molar-refractivity contribution in [3.05, 3.63) is 35.6 Å². The van der Waals surface area contributed by atoms with Crippen molar-refractivity contribution in [2.75, 3.05) is 7.05 Å². The molecule has 2 N–H and O–H groups in total. The SMILES string of the molecule is CC(c1ccc(F)cc1)N(C)C(=O)C1CCC(N)CC1. The summed E-state index contributed by atoms with van der Waals surface area (Å²) in [5, 5.41) is 0. The van der Waals surface area contributed by atoms with Gasteiger partial charge in [-0.2, -0.15) is 0 Å². The molecule has 20 heavy (non-hydrogen) atoms. The third-order valence-corrected chi connectivity index (χ3v) is 4.40. The molecule has 1 amide bonds. The second kappa shape index (κ2) is 6.35. The number of rotatable bonds is 3. The fourth-order valence-corrected chi connectivity index (χ4v) is 2.81. The lowest BCUT2D eigenvalue weighted by Gasteiger charge is -2.32. The van der Waals surface area contributed by atoms with Gasteiger partial charge >= 0.3 is 0 Å². The molecule has 4 heteroatoms. The minimum Gasteiger partial charge on any atom is -0.339 e. The van der Waals surface area contributed by atoms with E-state index in [1.165, 1.54) is 12.1 Å². The first-order valence-electron chi connectivity index (χ1n) is 7.26. The Morgan fingerprint density at radius 2 is 1.80 bits per heavy atom. The van der Waals surface area contributed by atoms with Crippen LogP contribution in [0.3, 0.4) is 0 Å². The molecule has 2 rings (SSSR count). The summed E-state index contributed by atoms with van der Waals surface area (Å²) in [5.41, 5.74) is 6.83. The monoisotopic (exact) mass is 278 g/mol. The summed E-state index contributed by atoms with van der Waals surface area (Å²) < 4.78 is 12.9. The maximum atomic E-state index is 12.9. The van der Waals surface area contributed by atoms with E-state index in [-0.39, 0.29) is 29.7 Å². The summed E-state index contributed by atoms with van der Waals surface area (Å²) in [6.45, 7) is 1.97. The maximum absolute atomic E-state index is 12.9. The van der Waals surface area contributed by atoms with Gasteiger partial charge in [-0.05, 0) is 50.3 Å². The number of carbonyl (C=O) groups excluding carboxylic acids is 1. The Labute approximate surface area is 120 Å². The molecule has 1 saturated carbocycles. The van der Waals surface area contributed by atoms with Crippen molar-refractivity contribution in [2.45, 2.75) is 44.7 Å². The Balaban J connectivity index is 2.00. The molecular weight excluding hydrogens is 255 g/mol. The Morgan fingerprint density at radius 1 is 1.25 bits per heavy atom. The van der Waals surface area contributed by atoms with Crippen molar-refractivity contribution >= 4 is 5.91 Å². The van der Waals surface area contributed by atoms with Crippen molar-refractivity contribution in [1.29, 1.82) is 0 Å². The van der Waals surface area contributed by atoms with Crippen LogP contribution in [0.15, 0.2) is 24.3 Å². The highest BCUT2D eigenvalue weighted by molar-refractivity contribution is 5.79. The highest BCUT2D eigenvalue weighted by atomic mass is 19.1. The molecule has 0 aromatic heterocycles. The van der Waals surface area contributed by atoms with E-state index in [0.717, 1.165) is 31.2 Å². The van der Waals surface area contributed by atoms with E-state index in [1.54, 1.807) is 17.0 Å². The molecule has 110 valence electrons. The van der Waals surface area contributed by atoms with Gasteiger partial charge in [0, 0.05) is 19.0 Å². The Hall–Kier alpha value is -1.42. The van der Waals surface area contributed by atoms with E-state index >= 15 is 0 Å². The number of amides is 1. The number of halogens is 1. The first-order valence-corrected chi connectivity index (χ1v) is 7.26. The number of nitrogens with two attached hydrogens (primary N) is 1. The predicted molar refractivity (Wildman–Crippen MR) is 77.5 cm³/mol. The summed E-state index contributed by atoms with van der Waals surface area (Å²) in [7, 11) is 1.82. The van der Waals surface area contributed by atoms with Gasteiger partial charge in [-0.15, -0.1) is 0 Å². The van der Waals surface area contributed by atoms with Gasteiger partial charge in [0.05, 0.1) is 6.04 Å². The molecule has 1 aliphatic rings. The average Bonchev–Trinajstić information content (AvgIpc) is 2.46. The molecule has 1 atom stereocenters. The van der Waals surface area contributed by atoms with Gasteiger partial charge in [0.15, 0.2) is 0 Å². The van der Waals surface area contributed by atoms with Crippen LogP contribution < -0.4 is 5.73 Å². The number of carbonyl (C=O) groups is 1. The van der Waals surface area contributed by atoms with Gasteiger partial charge < -0.3 is 10.6 Å². The first kappa shape index (κ1) is 15.0. The van der Waals surface area contributed by atoms with Crippen molar-refractivity contribution in [3.8, 4) is 0 Å². The summed E-state index contributed by atoms with van der Waals surface area (Å²) in [5.74, 6) is 0.00706. The van der Waals surface area contributed by atoms with Crippen molar-refractivity contribution in [1.82, 2.24) is 4.90 Å². The quantitative estimate of drug-likeness (QED) is 0.924. The fourth-order valence-electron chi connectivity index (χ4n) is 2.81. The number of benzene rings is 1. The van der Waals surface area contributed by atoms with Crippen LogP contribution in [-0.4, -0.2) is 23.9 Å². The zero-order valence-electron chi connectivity index (χ0n) is 12.2. The lowest BCUT2D eigenvalue weighted by molar-refractivity contribution is -0.137. The third-order valence-electron chi connectivity index (χ3n) is 4.40. The Kier molecular flexibility index (Phi) is 4.76. The molecule has 3 nitrogen and oxygen atoms in total. The first-order chi connectivity index (χ1) is 9.49. The minimum atomic E-state index is -0.254. The Bertz CT molecular complexity index is 452. The number of nitrogens with zero attached hydrogens (tertiary/aromatic N) is 1. The van der Waals surface area contributed by atoms with E-state index in [0.29, 0.717) is 0 Å². The summed E-state index contributed by atoms with van der Waals surface area (Å²) in [4.78, 5) is 14.3. The van der Waals surface area contributed by atoms with Crippen LogP contribution in [0.2, 0.25) is 0 Å².